The average Bonchev–Trinajstić information content (AvgIpc) is 3.61. The topological polar surface area (TPSA) is 22.8 Å². The zero-order chi connectivity index (χ0) is 27.6. The van der Waals surface area contributed by atoms with Crippen LogP contribution in [0, 0.1) is 0 Å². The van der Waals surface area contributed by atoms with Crippen LogP contribution in [0.3, 0.4) is 0 Å². The minimum atomic E-state index is 0.942. The van der Waals surface area contributed by atoms with E-state index in [2.05, 4.69) is 143 Å². The number of rotatable bonds is 3. The standard InChI is InChI=1S/C37H23N3S2/c1-2-10-25(11-3-1)40-30-15-7-5-13-28(30)38-37(40)24-18-20-26(21-19-24)39-29-14-6-4-12-27(29)35-31(39)22-23-34-36(35)42-33-17-9-8-16-32(33)41-34/h1-23H. The molecule has 0 atom stereocenters. The third-order valence-electron chi connectivity index (χ3n) is 7.99. The first kappa shape index (κ1) is 23.9. The maximum absolute atomic E-state index is 5.07. The lowest BCUT2D eigenvalue weighted by Crippen LogP contribution is -1.98. The summed E-state index contributed by atoms with van der Waals surface area (Å²) in [6.45, 7) is 0. The lowest BCUT2D eigenvalue weighted by Gasteiger charge is -2.19. The molecule has 6 aromatic carbocycles. The summed E-state index contributed by atoms with van der Waals surface area (Å²) >= 11 is 3.76. The molecular weight excluding hydrogens is 551 g/mol. The van der Waals surface area contributed by atoms with E-state index in [4.69, 9.17) is 4.98 Å². The predicted molar refractivity (Wildman–Crippen MR) is 176 cm³/mol. The number of hydrogen-bond acceptors (Lipinski definition) is 3. The molecule has 8 aromatic rings. The SMILES string of the molecule is c1ccc(-n2c(-c3ccc(-n4c5ccccc5c5c6c(ccc54)Sc4ccccc4S6)cc3)nc3ccccc32)cc1. The number of para-hydroxylation sites is 4. The molecular formula is C37H23N3S2. The summed E-state index contributed by atoms with van der Waals surface area (Å²) in [5.41, 5.74) is 7.87. The number of fused-ring (bicyclic) bond motifs is 7. The largest absolute Gasteiger partial charge is 0.309 e. The van der Waals surface area contributed by atoms with Gasteiger partial charge in [-0.1, -0.05) is 84.2 Å². The fraction of sp³-hybridized carbons (Fsp3) is 0. The Bertz CT molecular complexity index is 2300. The summed E-state index contributed by atoms with van der Waals surface area (Å²) in [4.78, 5) is 10.4. The molecule has 0 aliphatic carbocycles. The zero-order valence-electron chi connectivity index (χ0n) is 22.4. The van der Waals surface area contributed by atoms with Crippen molar-refractivity contribution in [2.24, 2.45) is 0 Å². The maximum Gasteiger partial charge on any atom is 0.145 e. The Morgan fingerprint density at radius 2 is 1.12 bits per heavy atom. The Balaban J connectivity index is 1.21. The van der Waals surface area contributed by atoms with Gasteiger partial charge in [0, 0.05) is 47.3 Å². The van der Waals surface area contributed by atoms with Crippen molar-refractivity contribution in [1.82, 2.24) is 14.1 Å². The van der Waals surface area contributed by atoms with E-state index < -0.39 is 0 Å². The smallest absolute Gasteiger partial charge is 0.145 e. The second-order valence-corrected chi connectivity index (χ2v) is 12.6. The molecule has 9 rings (SSSR count). The van der Waals surface area contributed by atoms with Crippen molar-refractivity contribution in [2.75, 3.05) is 0 Å². The molecule has 3 heterocycles. The van der Waals surface area contributed by atoms with Crippen molar-refractivity contribution in [3.63, 3.8) is 0 Å². The number of aromatic nitrogens is 3. The highest BCUT2D eigenvalue weighted by molar-refractivity contribution is 8.05. The number of nitrogens with zero attached hydrogens (tertiary/aromatic N) is 3. The van der Waals surface area contributed by atoms with Crippen LogP contribution in [0.25, 0.3) is 55.6 Å². The number of benzene rings is 6. The van der Waals surface area contributed by atoms with E-state index in [0.29, 0.717) is 0 Å². The highest BCUT2D eigenvalue weighted by Gasteiger charge is 2.23. The Morgan fingerprint density at radius 1 is 0.452 bits per heavy atom. The monoisotopic (exact) mass is 573 g/mol. The molecule has 0 saturated carbocycles. The molecule has 0 unspecified atom stereocenters. The van der Waals surface area contributed by atoms with Gasteiger partial charge in [0.1, 0.15) is 5.82 Å². The summed E-state index contributed by atoms with van der Waals surface area (Å²) in [5.74, 6) is 0.942. The fourth-order valence-electron chi connectivity index (χ4n) is 6.13. The van der Waals surface area contributed by atoms with E-state index in [1.807, 2.05) is 29.6 Å². The Hall–Kier alpha value is -4.71. The minimum Gasteiger partial charge on any atom is -0.309 e. The summed E-state index contributed by atoms with van der Waals surface area (Å²) < 4.78 is 4.66. The molecule has 198 valence electrons. The lowest BCUT2D eigenvalue weighted by molar-refractivity contribution is 1.10. The molecule has 2 aromatic heterocycles. The molecule has 42 heavy (non-hydrogen) atoms. The number of imidazole rings is 1. The second kappa shape index (κ2) is 9.41. The first-order chi connectivity index (χ1) is 20.8. The normalized spacial score (nSPS) is 12.6. The molecule has 0 fully saturated rings. The molecule has 3 nitrogen and oxygen atoms in total. The van der Waals surface area contributed by atoms with E-state index in [1.165, 1.54) is 41.4 Å². The average molecular weight is 574 g/mol. The van der Waals surface area contributed by atoms with E-state index in [9.17, 15) is 0 Å². The first-order valence-corrected chi connectivity index (χ1v) is 15.6. The van der Waals surface area contributed by atoms with E-state index in [1.54, 1.807) is 0 Å². The molecule has 1 aliphatic rings. The van der Waals surface area contributed by atoms with Gasteiger partial charge in [-0.3, -0.25) is 4.57 Å². The molecule has 0 amide bonds. The van der Waals surface area contributed by atoms with Gasteiger partial charge in [0.05, 0.1) is 22.1 Å². The van der Waals surface area contributed by atoms with Crippen LogP contribution in [0.5, 0.6) is 0 Å². The third kappa shape index (κ3) is 3.60. The van der Waals surface area contributed by atoms with Gasteiger partial charge < -0.3 is 4.57 Å². The summed E-state index contributed by atoms with van der Waals surface area (Å²) in [7, 11) is 0. The molecule has 5 heteroatoms. The van der Waals surface area contributed by atoms with Crippen molar-refractivity contribution < 1.29 is 0 Å². The van der Waals surface area contributed by atoms with Gasteiger partial charge in [0.2, 0.25) is 0 Å². The van der Waals surface area contributed by atoms with Gasteiger partial charge in [-0.05, 0) is 78.9 Å². The third-order valence-corrected chi connectivity index (χ3v) is 10.6. The van der Waals surface area contributed by atoms with E-state index in [-0.39, 0.29) is 0 Å². The molecule has 0 N–H and O–H groups in total. The molecule has 0 radical (unpaired) electrons. The highest BCUT2D eigenvalue weighted by atomic mass is 32.2. The van der Waals surface area contributed by atoms with Crippen LogP contribution in [0.4, 0.5) is 0 Å². The maximum atomic E-state index is 5.07. The van der Waals surface area contributed by atoms with Crippen LogP contribution >= 0.6 is 23.5 Å². The molecule has 0 spiro atoms. The fourth-order valence-corrected chi connectivity index (χ4v) is 8.54. The Labute approximate surface area is 251 Å². The van der Waals surface area contributed by atoms with Crippen molar-refractivity contribution in [1.29, 1.82) is 0 Å². The van der Waals surface area contributed by atoms with E-state index in [0.717, 1.165) is 33.8 Å². The van der Waals surface area contributed by atoms with E-state index >= 15 is 0 Å². The van der Waals surface area contributed by atoms with Gasteiger partial charge in [-0.2, -0.15) is 0 Å². The molecule has 1 aliphatic heterocycles. The zero-order valence-corrected chi connectivity index (χ0v) is 24.1. The van der Waals surface area contributed by atoms with Crippen molar-refractivity contribution >= 4 is 56.4 Å². The van der Waals surface area contributed by atoms with Crippen molar-refractivity contribution in [2.45, 2.75) is 19.6 Å². The molecule has 0 bridgehead atoms. The Kier molecular flexibility index (Phi) is 5.37. The summed E-state index contributed by atoms with van der Waals surface area (Å²) in [6, 6.07) is 49.8. The van der Waals surface area contributed by atoms with Crippen LogP contribution < -0.4 is 0 Å². The van der Waals surface area contributed by atoms with Crippen LogP contribution in [0.15, 0.2) is 159 Å². The quantitative estimate of drug-likeness (QED) is 0.210. The first-order valence-electron chi connectivity index (χ1n) is 14.0. The van der Waals surface area contributed by atoms with Crippen LogP contribution in [0.1, 0.15) is 0 Å². The second-order valence-electron chi connectivity index (χ2n) is 10.4. The van der Waals surface area contributed by atoms with Crippen LogP contribution in [0.2, 0.25) is 0 Å². The van der Waals surface area contributed by atoms with Crippen LogP contribution in [-0.4, -0.2) is 14.1 Å². The van der Waals surface area contributed by atoms with Crippen LogP contribution in [-0.2, 0) is 0 Å². The van der Waals surface area contributed by atoms with Crippen molar-refractivity contribution in [3.8, 4) is 22.8 Å². The van der Waals surface area contributed by atoms with Gasteiger partial charge in [-0.25, -0.2) is 4.98 Å². The minimum absolute atomic E-state index is 0.942. The highest BCUT2D eigenvalue weighted by Crippen LogP contribution is 2.52. The van der Waals surface area contributed by atoms with Crippen molar-refractivity contribution in [3.05, 3.63) is 140 Å². The molecule has 0 saturated heterocycles. The Morgan fingerprint density at radius 3 is 1.95 bits per heavy atom. The summed E-state index contributed by atoms with van der Waals surface area (Å²) in [5, 5.41) is 2.61. The van der Waals surface area contributed by atoms with Gasteiger partial charge in [-0.15, -0.1) is 0 Å². The summed E-state index contributed by atoms with van der Waals surface area (Å²) in [6.07, 6.45) is 0. The predicted octanol–water partition coefficient (Wildman–Crippen LogP) is 10.4. The number of hydrogen-bond donors (Lipinski definition) is 0. The lowest BCUT2D eigenvalue weighted by atomic mass is 10.1. The van der Waals surface area contributed by atoms with Gasteiger partial charge in [0.15, 0.2) is 0 Å². The van der Waals surface area contributed by atoms with Gasteiger partial charge >= 0.3 is 0 Å². The van der Waals surface area contributed by atoms with Gasteiger partial charge in [0.25, 0.3) is 0 Å².